The van der Waals surface area contributed by atoms with Crippen molar-refractivity contribution in [2.75, 3.05) is 27.2 Å². The Balaban J connectivity index is 1.73. The molecule has 1 aromatic rings. The first-order valence-corrected chi connectivity index (χ1v) is 7.05. The molecule has 1 heterocycles. The predicted octanol–water partition coefficient (Wildman–Crippen LogP) is 1.94. The second-order valence-corrected chi connectivity index (χ2v) is 5.42. The summed E-state index contributed by atoms with van der Waals surface area (Å²) >= 11 is 0. The number of likely N-dealkylation sites (N-methyl/N-ethyl adjacent to an activating group) is 1. The zero-order valence-corrected chi connectivity index (χ0v) is 11.6. The number of hydrogen-bond donors (Lipinski definition) is 1. The van der Waals surface area contributed by atoms with Crippen LogP contribution < -0.4 is 5.32 Å². The minimum Gasteiger partial charge on any atom is -0.317 e. The van der Waals surface area contributed by atoms with Crippen LogP contribution in [0.5, 0.6) is 0 Å². The van der Waals surface area contributed by atoms with Crippen LogP contribution in [0.25, 0.3) is 0 Å². The fourth-order valence-corrected chi connectivity index (χ4v) is 2.98. The van der Waals surface area contributed by atoms with Gasteiger partial charge in [-0.15, -0.1) is 0 Å². The van der Waals surface area contributed by atoms with E-state index in [0.717, 1.165) is 24.9 Å². The number of nitrogens with one attached hydrogen (secondary N) is 1. The summed E-state index contributed by atoms with van der Waals surface area (Å²) in [6.45, 7) is 2.31. The molecule has 0 aromatic carbocycles. The van der Waals surface area contributed by atoms with Gasteiger partial charge in [-0.05, 0) is 45.0 Å². The van der Waals surface area contributed by atoms with Crippen LogP contribution in [-0.2, 0) is 6.42 Å². The van der Waals surface area contributed by atoms with E-state index >= 15 is 0 Å². The first-order chi connectivity index (χ1) is 8.79. The summed E-state index contributed by atoms with van der Waals surface area (Å²) in [4.78, 5) is 6.83. The van der Waals surface area contributed by atoms with Gasteiger partial charge in [0.1, 0.15) is 0 Å². The normalized spacial score (nSPS) is 23.7. The molecule has 0 amide bonds. The number of pyridine rings is 1. The Morgan fingerprint density at radius 3 is 3.00 bits per heavy atom. The van der Waals surface area contributed by atoms with E-state index in [-0.39, 0.29) is 0 Å². The van der Waals surface area contributed by atoms with E-state index in [1.165, 1.54) is 31.5 Å². The molecule has 0 bridgehead atoms. The summed E-state index contributed by atoms with van der Waals surface area (Å²) in [6, 6.07) is 6.88. The zero-order chi connectivity index (χ0) is 12.8. The van der Waals surface area contributed by atoms with E-state index in [1.807, 2.05) is 12.3 Å². The molecular weight excluding hydrogens is 222 g/mol. The molecule has 2 unspecified atom stereocenters. The van der Waals surface area contributed by atoms with Crippen molar-refractivity contribution in [3.8, 4) is 0 Å². The molecule has 0 aliphatic heterocycles. The first-order valence-electron chi connectivity index (χ1n) is 7.05. The molecule has 0 spiro atoms. The molecule has 18 heavy (non-hydrogen) atoms. The zero-order valence-electron chi connectivity index (χ0n) is 11.6. The van der Waals surface area contributed by atoms with E-state index in [9.17, 15) is 0 Å². The molecule has 1 aromatic heterocycles. The lowest BCUT2D eigenvalue weighted by atomic mass is 10.0. The molecule has 100 valence electrons. The average Bonchev–Trinajstić information content (AvgIpc) is 2.85. The van der Waals surface area contributed by atoms with Crippen molar-refractivity contribution in [1.82, 2.24) is 15.2 Å². The third kappa shape index (κ3) is 3.79. The minimum atomic E-state index is 0.724. The van der Waals surface area contributed by atoms with Crippen LogP contribution in [-0.4, -0.2) is 43.1 Å². The molecule has 0 saturated heterocycles. The largest absolute Gasteiger partial charge is 0.317 e. The SMILES string of the molecule is CNC1CCCC1CN(C)CCc1ccccn1. The van der Waals surface area contributed by atoms with Gasteiger partial charge in [-0.1, -0.05) is 12.5 Å². The minimum absolute atomic E-state index is 0.724. The Hall–Kier alpha value is -0.930. The highest BCUT2D eigenvalue weighted by Crippen LogP contribution is 2.25. The first kappa shape index (κ1) is 13.5. The van der Waals surface area contributed by atoms with Crippen molar-refractivity contribution in [1.29, 1.82) is 0 Å². The standard InChI is InChI=1S/C15H25N3/c1-16-15-8-5-6-13(15)12-18(2)11-9-14-7-3-4-10-17-14/h3-4,7,10,13,15-16H,5-6,8-9,11-12H2,1-2H3. The molecule has 0 radical (unpaired) electrons. The van der Waals surface area contributed by atoms with Crippen LogP contribution in [0.3, 0.4) is 0 Å². The predicted molar refractivity (Wildman–Crippen MR) is 75.6 cm³/mol. The Morgan fingerprint density at radius 1 is 1.39 bits per heavy atom. The van der Waals surface area contributed by atoms with E-state index in [0.29, 0.717) is 0 Å². The Labute approximate surface area is 111 Å². The van der Waals surface area contributed by atoms with Gasteiger partial charge in [-0.2, -0.15) is 0 Å². The van der Waals surface area contributed by atoms with Crippen LogP contribution in [0, 0.1) is 5.92 Å². The van der Waals surface area contributed by atoms with E-state index in [4.69, 9.17) is 0 Å². The van der Waals surface area contributed by atoms with E-state index < -0.39 is 0 Å². The van der Waals surface area contributed by atoms with Crippen LogP contribution in [0.15, 0.2) is 24.4 Å². The summed E-state index contributed by atoms with van der Waals surface area (Å²) < 4.78 is 0. The number of hydrogen-bond acceptors (Lipinski definition) is 3. The highest BCUT2D eigenvalue weighted by molar-refractivity contribution is 5.03. The van der Waals surface area contributed by atoms with Crippen LogP contribution >= 0.6 is 0 Å². The summed E-state index contributed by atoms with van der Waals surface area (Å²) in [5, 5.41) is 3.45. The van der Waals surface area contributed by atoms with Gasteiger partial charge in [-0.25, -0.2) is 0 Å². The van der Waals surface area contributed by atoms with Crippen LogP contribution in [0.1, 0.15) is 25.0 Å². The van der Waals surface area contributed by atoms with Gasteiger partial charge in [0.25, 0.3) is 0 Å². The molecule has 1 saturated carbocycles. The molecule has 1 N–H and O–H groups in total. The lowest BCUT2D eigenvalue weighted by molar-refractivity contribution is 0.257. The number of nitrogens with zero attached hydrogens (tertiary/aromatic N) is 2. The Bertz CT molecular complexity index is 339. The highest BCUT2D eigenvalue weighted by Gasteiger charge is 2.26. The maximum atomic E-state index is 4.37. The lowest BCUT2D eigenvalue weighted by Gasteiger charge is -2.25. The van der Waals surface area contributed by atoms with Gasteiger partial charge >= 0.3 is 0 Å². The second kappa shape index (κ2) is 6.86. The molecular formula is C15H25N3. The van der Waals surface area contributed by atoms with Gasteiger partial charge in [0.15, 0.2) is 0 Å². The number of aromatic nitrogens is 1. The molecule has 2 rings (SSSR count). The topological polar surface area (TPSA) is 28.2 Å². The Morgan fingerprint density at radius 2 is 2.28 bits per heavy atom. The smallest absolute Gasteiger partial charge is 0.0416 e. The molecule has 2 atom stereocenters. The molecule has 1 aliphatic carbocycles. The van der Waals surface area contributed by atoms with E-state index in [1.54, 1.807) is 0 Å². The van der Waals surface area contributed by atoms with Gasteiger partial charge in [0.05, 0.1) is 0 Å². The fraction of sp³-hybridized carbons (Fsp3) is 0.667. The lowest BCUT2D eigenvalue weighted by Crippen LogP contribution is -2.37. The molecule has 3 heteroatoms. The third-order valence-corrected chi connectivity index (χ3v) is 4.05. The van der Waals surface area contributed by atoms with E-state index in [2.05, 4.69) is 41.4 Å². The van der Waals surface area contributed by atoms with Crippen LogP contribution in [0.4, 0.5) is 0 Å². The van der Waals surface area contributed by atoms with Gasteiger partial charge in [-0.3, -0.25) is 4.98 Å². The summed E-state index contributed by atoms with van der Waals surface area (Å²) in [6.07, 6.45) is 7.02. The maximum absolute atomic E-state index is 4.37. The quantitative estimate of drug-likeness (QED) is 0.833. The number of rotatable bonds is 6. The molecule has 3 nitrogen and oxygen atoms in total. The second-order valence-electron chi connectivity index (χ2n) is 5.42. The van der Waals surface area contributed by atoms with Crippen molar-refractivity contribution >= 4 is 0 Å². The average molecular weight is 247 g/mol. The van der Waals surface area contributed by atoms with Crippen molar-refractivity contribution in [3.05, 3.63) is 30.1 Å². The van der Waals surface area contributed by atoms with Gasteiger partial charge < -0.3 is 10.2 Å². The summed E-state index contributed by atoms with van der Waals surface area (Å²) in [5.74, 6) is 0.823. The molecule has 1 fully saturated rings. The molecule has 1 aliphatic rings. The fourth-order valence-electron chi connectivity index (χ4n) is 2.98. The third-order valence-electron chi connectivity index (χ3n) is 4.05. The van der Waals surface area contributed by atoms with Crippen LogP contribution in [0.2, 0.25) is 0 Å². The van der Waals surface area contributed by atoms with Crippen molar-refractivity contribution in [2.24, 2.45) is 5.92 Å². The van der Waals surface area contributed by atoms with Crippen molar-refractivity contribution in [2.45, 2.75) is 31.7 Å². The maximum Gasteiger partial charge on any atom is 0.0416 e. The van der Waals surface area contributed by atoms with Gasteiger partial charge in [0.2, 0.25) is 0 Å². The summed E-state index contributed by atoms with van der Waals surface area (Å²) in [7, 11) is 4.32. The summed E-state index contributed by atoms with van der Waals surface area (Å²) in [5.41, 5.74) is 1.20. The van der Waals surface area contributed by atoms with Gasteiger partial charge in [0, 0.05) is 37.4 Å². The highest BCUT2D eigenvalue weighted by atomic mass is 15.1. The van der Waals surface area contributed by atoms with Crippen molar-refractivity contribution < 1.29 is 0 Å². The Kier molecular flexibility index (Phi) is 5.14. The van der Waals surface area contributed by atoms with Crippen molar-refractivity contribution in [3.63, 3.8) is 0 Å². The monoisotopic (exact) mass is 247 g/mol.